The molecule has 0 aliphatic carbocycles. The Balaban J connectivity index is 1.39. The average molecular weight is 382 g/mol. The van der Waals surface area contributed by atoms with E-state index in [0.717, 1.165) is 59.8 Å². The molecule has 3 aromatic heterocycles. The molecule has 7 nitrogen and oxygen atoms in total. The number of aromatic amines is 1. The SMILES string of the molecule is Cc1cccc(Nc2nc3c(s2)CCN(CCN2CCC2)c2[nH]ncc2-3)n1. The Morgan fingerprint density at radius 2 is 2.11 bits per heavy atom. The van der Waals surface area contributed by atoms with Gasteiger partial charge in [0.25, 0.3) is 0 Å². The van der Waals surface area contributed by atoms with Crippen molar-refractivity contribution in [3.8, 4) is 11.3 Å². The lowest BCUT2D eigenvalue weighted by Crippen LogP contribution is -2.43. The van der Waals surface area contributed by atoms with Crippen molar-refractivity contribution in [3.05, 3.63) is 35.0 Å². The van der Waals surface area contributed by atoms with E-state index in [1.165, 1.54) is 24.4 Å². The molecule has 5 rings (SSSR count). The zero-order valence-electron chi connectivity index (χ0n) is 15.4. The third-order valence-corrected chi connectivity index (χ3v) is 6.29. The minimum atomic E-state index is 0.836. The van der Waals surface area contributed by atoms with Crippen LogP contribution in [-0.4, -0.2) is 57.8 Å². The van der Waals surface area contributed by atoms with Crippen LogP contribution >= 0.6 is 11.3 Å². The number of nitrogens with zero attached hydrogens (tertiary/aromatic N) is 5. The zero-order chi connectivity index (χ0) is 18.2. The highest BCUT2D eigenvalue weighted by Gasteiger charge is 2.26. The van der Waals surface area contributed by atoms with Crippen molar-refractivity contribution >= 4 is 28.1 Å². The maximum absolute atomic E-state index is 4.88. The van der Waals surface area contributed by atoms with Gasteiger partial charge in [0, 0.05) is 36.6 Å². The smallest absolute Gasteiger partial charge is 0.189 e. The number of aromatic nitrogens is 4. The molecule has 0 spiro atoms. The molecule has 5 heterocycles. The standard InChI is InChI=1S/C19H23N7S/c1-13-4-2-5-16(21-13)22-19-23-17-14-12-20-24-18(14)26(9-6-15(17)27-19)11-10-25-7-3-8-25/h2,4-5,12H,3,6-11H2,1H3,(H,20,24)(H,21,22,23). The van der Waals surface area contributed by atoms with Gasteiger partial charge in [0.1, 0.15) is 11.6 Å². The van der Waals surface area contributed by atoms with Crippen LogP contribution in [0, 0.1) is 6.92 Å². The molecular formula is C19H23N7S. The Hall–Kier alpha value is -2.45. The lowest BCUT2D eigenvalue weighted by molar-refractivity contribution is 0.186. The monoisotopic (exact) mass is 381 g/mol. The molecule has 2 N–H and O–H groups in total. The van der Waals surface area contributed by atoms with Gasteiger partial charge in [0.05, 0.1) is 17.5 Å². The minimum Gasteiger partial charge on any atom is -0.355 e. The summed E-state index contributed by atoms with van der Waals surface area (Å²) < 4.78 is 0. The molecule has 1 fully saturated rings. The Morgan fingerprint density at radius 3 is 2.93 bits per heavy atom. The van der Waals surface area contributed by atoms with Gasteiger partial charge < -0.3 is 15.1 Å². The molecule has 0 aromatic carbocycles. The summed E-state index contributed by atoms with van der Waals surface area (Å²) in [4.78, 5) is 15.6. The molecule has 0 atom stereocenters. The lowest BCUT2D eigenvalue weighted by Gasteiger charge is -2.33. The number of hydrogen-bond acceptors (Lipinski definition) is 7. The van der Waals surface area contributed by atoms with Gasteiger partial charge in [-0.05, 0) is 38.6 Å². The number of fused-ring (bicyclic) bond motifs is 3. The molecule has 1 saturated heterocycles. The number of hydrogen-bond donors (Lipinski definition) is 2. The van der Waals surface area contributed by atoms with Gasteiger partial charge in [0.2, 0.25) is 0 Å². The number of thiazole rings is 1. The van der Waals surface area contributed by atoms with Gasteiger partial charge in [-0.1, -0.05) is 6.07 Å². The van der Waals surface area contributed by atoms with Gasteiger partial charge in [-0.15, -0.1) is 11.3 Å². The third kappa shape index (κ3) is 3.30. The Labute approximate surface area is 162 Å². The predicted molar refractivity (Wildman–Crippen MR) is 109 cm³/mol. The Morgan fingerprint density at radius 1 is 1.19 bits per heavy atom. The van der Waals surface area contributed by atoms with Crippen LogP contribution in [0.15, 0.2) is 24.4 Å². The van der Waals surface area contributed by atoms with Crippen LogP contribution in [0.4, 0.5) is 16.8 Å². The summed E-state index contributed by atoms with van der Waals surface area (Å²) in [7, 11) is 0. The van der Waals surface area contributed by atoms with Gasteiger partial charge >= 0.3 is 0 Å². The molecule has 2 aliphatic heterocycles. The van der Waals surface area contributed by atoms with Crippen molar-refractivity contribution in [3.63, 3.8) is 0 Å². The van der Waals surface area contributed by atoms with Crippen molar-refractivity contribution in [2.45, 2.75) is 19.8 Å². The molecule has 27 heavy (non-hydrogen) atoms. The summed E-state index contributed by atoms with van der Waals surface area (Å²) in [6.07, 6.45) is 4.24. The van der Waals surface area contributed by atoms with Crippen molar-refractivity contribution < 1.29 is 0 Å². The topological polar surface area (TPSA) is 73.0 Å². The lowest BCUT2D eigenvalue weighted by atomic mass is 10.2. The summed E-state index contributed by atoms with van der Waals surface area (Å²) in [5, 5.41) is 11.8. The Kier molecular flexibility index (Phi) is 4.29. The second kappa shape index (κ2) is 6.94. The van der Waals surface area contributed by atoms with E-state index in [9.17, 15) is 0 Å². The predicted octanol–water partition coefficient (Wildman–Crippen LogP) is 3.05. The van der Waals surface area contributed by atoms with Gasteiger partial charge in [-0.25, -0.2) is 9.97 Å². The second-order valence-corrected chi connectivity index (χ2v) is 8.23. The molecule has 2 aliphatic rings. The first kappa shape index (κ1) is 16.7. The van der Waals surface area contributed by atoms with Crippen LogP contribution in [0.3, 0.4) is 0 Å². The van der Waals surface area contributed by atoms with E-state index in [2.05, 4.69) is 30.3 Å². The number of aryl methyl sites for hydroxylation is 1. The molecule has 0 saturated carbocycles. The summed E-state index contributed by atoms with van der Waals surface area (Å²) in [6.45, 7) is 7.60. The molecule has 3 aromatic rings. The first-order valence-corrected chi connectivity index (χ1v) is 10.3. The minimum absolute atomic E-state index is 0.836. The molecule has 0 unspecified atom stereocenters. The number of rotatable bonds is 5. The fourth-order valence-electron chi connectivity index (χ4n) is 3.64. The van der Waals surface area contributed by atoms with Gasteiger partial charge in [0.15, 0.2) is 5.13 Å². The largest absolute Gasteiger partial charge is 0.355 e. The molecule has 0 radical (unpaired) electrons. The van der Waals surface area contributed by atoms with Gasteiger partial charge in [-0.3, -0.25) is 5.10 Å². The number of likely N-dealkylation sites (tertiary alicyclic amines) is 1. The molecule has 8 heteroatoms. The molecule has 0 bridgehead atoms. The highest BCUT2D eigenvalue weighted by atomic mass is 32.1. The summed E-state index contributed by atoms with van der Waals surface area (Å²) in [5.74, 6) is 1.93. The fraction of sp³-hybridized carbons (Fsp3) is 0.421. The Bertz CT molecular complexity index is 943. The van der Waals surface area contributed by atoms with Crippen LogP contribution < -0.4 is 10.2 Å². The average Bonchev–Trinajstić information content (AvgIpc) is 3.20. The molecule has 140 valence electrons. The van der Waals surface area contributed by atoms with Crippen LogP contribution in [0.5, 0.6) is 0 Å². The second-order valence-electron chi connectivity index (χ2n) is 7.14. The van der Waals surface area contributed by atoms with E-state index in [4.69, 9.17) is 4.98 Å². The molecular weight excluding hydrogens is 358 g/mol. The van der Waals surface area contributed by atoms with Crippen molar-refractivity contribution in [2.24, 2.45) is 0 Å². The van der Waals surface area contributed by atoms with Crippen LogP contribution in [0.2, 0.25) is 0 Å². The summed E-state index contributed by atoms with van der Waals surface area (Å²) in [6, 6.07) is 5.97. The summed E-state index contributed by atoms with van der Waals surface area (Å²) >= 11 is 1.72. The van der Waals surface area contributed by atoms with Crippen molar-refractivity contribution in [1.29, 1.82) is 0 Å². The maximum Gasteiger partial charge on any atom is 0.189 e. The highest BCUT2D eigenvalue weighted by Crippen LogP contribution is 2.39. The number of anilines is 3. The maximum atomic E-state index is 4.88. The van der Waals surface area contributed by atoms with E-state index in [1.54, 1.807) is 11.3 Å². The van der Waals surface area contributed by atoms with Crippen LogP contribution in [0.25, 0.3) is 11.3 Å². The van der Waals surface area contributed by atoms with Crippen molar-refractivity contribution in [2.75, 3.05) is 42.9 Å². The first-order valence-electron chi connectivity index (χ1n) is 9.48. The van der Waals surface area contributed by atoms with E-state index < -0.39 is 0 Å². The summed E-state index contributed by atoms with van der Waals surface area (Å²) in [5.41, 5.74) is 3.14. The zero-order valence-corrected chi connectivity index (χ0v) is 16.2. The normalized spacial score (nSPS) is 16.4. The molecule has 0 amide bonds. The van der Waals surface area contributed by atoms with Crippen molar-refractivity contribution in [1.82, 2.24) is 25.1 Å². The highest BCUT2D eigenvalue weighted by molar-refractivity contribution is 7.16. The van der Waals surface area contributed by atoms with Crippen LogP contribution in [-0.2, 0) is 6.42 Å². The first-order chi connectivity index (χ1) is 13.3. The third-order valence-electron chi connectivity index (χ3n) is 5.25. The fourth-order valence-corrected chi connectivity index (χ4v) is 4.61. The van der Waals surface area contributed by atoms with E-state index in [0.29, 0.717) is 0 Å². The van der Waals surface area contributed by atoms with Crippen LogP contribution in [0.1, 0.15) is 17.0 Å². The quantitative estimate of drug-likeness (QED) is 0.708. The number of pyridine rings is 1. The van der Waals surface area contributed by atoms with E-state index in [-0.39, 0.29) is 0 Å². The van der Waals surface area contributed by atoms with E-state index >= 15 is 0 Å². The number of nitrogens with one attached hydrogen (secondary N) is 2. The number of H-pyrrole nitrogens is 1. The van der Waals surface area contributed by atoms with E-state index in [1.807, 2.05) is 31.3 Å². The van der Waals surface area contributed by atoms with Gasteiger partial charge in [-0.2, -0.15) is 5.10 Å².